The zero-order valence-electron chi connectivity index (χ0n) is 15.1. The van der Waals surface area contributed by atoms with E-state index in [0.717, 1.165) is 34.8 Å². The first kappa shape index (κ1) is 16.8. The number of ether oxygens (including phenoxy) is 3. The molecule has 0 unspecified atom stereocenters. The average Bonchev–Trinajstić information content (AvgIpc) is 2.96. The normalized spacial score (nSPS) is 20.2. The average molecular weight is 353 g/mol. The molecule has 4 rings (SSSR count). The van der Waals surface area contributed by atoms with Crippen LogP contribution in [0.5, 0.6) is 17.2 Å². The van der Waals surface area contributed by atoms with Gasteiger partial charge in [0.2, 0.25) is 0 Å². The van der Waals surface area contributed by atoms with E-state index in [1.165, 1.54) is 0 Å². The molecule has 5 nitrogen and oxygen atoms in total. The van der Waals surface area contributed by atoms with Crippen LogP contribution in [0.3, 0.4) is 0 Å². The van der Waals surface area contributed by atoms with E-state index < -0.39 is 0 Å². The molecule has 0 spiro atoms. The monoisotopic (exact) mass is 353 g/mol. The van der Waals surface area contributed by atoms with Crippen molar-refractivity contribution in [2.45, 2.75) is 32.3 Å². The highest BCUT2D eigenvalue weighted by atomic mass is 16.6. The van der Waals surface area contributed by atoms with Crippen LogP contribution in [0.25, 0.3) is 0 Å². The van der Waals surface area contributed by atoms with E-state index in [1.54, 1.807) is 0 Å². The maximum absolute atomic E-state index is 12.6. The fourth-order valence-corrected chi connectivity index (χ4v) is 3.42. The molecule has 26 heavy (non-hydrogen) atoms. The Labute approximate surface area is 153 Å². The number of rotatable bonds is 4. The topological polar surface area (TPSA) is 56.8 Å². The minimum atomic E-state index is -0.0966. The maximum Gasteiger partial charge on any atom is 0.255 e. The molecule has 5 heteroatoms. The van der Waals surface area contributed by atoms with Crippen LogP contribution in [-0.2, 0) is 6.42 Å². The fraction of sp³-hybridized carbons (Fsp3) is 0.381. The predicted octanol–water partition coefficient (Wildman–Crippen LogP) is 3.31. The van der Waals surface area contributed by atoms with Gasteiger partial charge in [0, 0.05) is 18.0 Å². The minimum Gasteiger partial charge on any atom is -0.489 e. The molecule has 0 aromatic heterocycles. The summed E-state index contributed by atoms with van der Waals surface area (Å²) in [4.78, 5) is 12.6. The van der Waals surface area contributed by atoms with Crippen LogP contribution in [0.1, 0.15) is 41.3 Å². The molecule has 2 aromatic carbocycles. The number of hydrogen-bond donors (Lipinski definition) is 1. The molecule has 0 aliphatic carbocycles. The van der Waals surface area contributed by atoms with Crippen molar-refractivity contribution in [1.29, 1.82) is 0 Å². The Hall–Kier alpha value is -2.69. The summed E-state index contributed by atoms with van der Waals surface area (Å²) >= 11 is 0. The second-order valence-corrected chi connectivity index (χ2v) is 6.82. The quantitative estimate of drug-likeness (QED) is 0.916. The molecule has 2 aromatic rings. The number of amides is 1. The lowest BCUT2D eigenvalue weighted by Gasteiger charge is -2.19. The SMILES string of the molecule is C[C@H]1Oc2c(C(=O)NCCc3ccc4c(c3)OCCO4)cccc2[C@@H]1C. The van der Waals surface area contributed by atoms with E-state index in [0.29, 0.717) is 31.2 Å². The van der Waals surface area contributed by atoms with Gasteiger partial charge in [-0.25, -0.2) is 0 Å². The molecule has 0 saturated carbocycles. The second kappa shape index (κ2) is 6.90. The van der Waals surface area contributed by atoms with E-state index in [-0.39, 0.29) is 12.0 Å². The molecule has 0 fully saturated rings. The van der Waals surface area contributed by atoms with Crippen molar-refractivity contribution < 1.29 is 19.0 Å². The number of carbonyl (C=O) groups excluding carboxylic acids is 1. The van der Waals surface area contributed by atoms with Crippen molar-refractivity contribution in [3.05, 3.63) is 53.1 Å². The molecule has 2 atom stereocenters. The third kappa shape index (κ3) is 3.09. The lowest BCUT2D eigenvalue weighted by Crippen LogP contribution is -2.26. The summed E-state index contributed by atoms with van der Waals surface area (Å²) in [7, 11) is 0. The van der Waals surface area contributed by atoms with E-state index >= 15 is 0 Å². The second-order valence-electron chi connectivity index (χ2n) is 6.82. The van der Waals surface area contributed by atoms with Crippen molar-refractivity contribution in [3.63, 3.8) is 0 Å². The van der Waals surface area contributed by atoms with E-state index in [9.17, 15) is 4.79 Å². The Morgan fingerprint density at radius 2 is 1.92 bits per heavy atom. The van der Waals surface area contributed by atoms with Gasteiger partial charge in [-0.05, 0) is 37.1 Å². The van der Waals surface area contributed by atoms with Crippen LogP contribution in [0, 0.1) is 0 Å². The van der Waals surface area contributed by atoms with E-state index in [4.69, 9.17) is 14.2 Å². The maximum atomic E-state index is 12.6. The summed E-state index contributed by atoms with van der Waals surface area (Å²) in [6, 6.07) is 11.7. The summed E-state index contributed by atoms with van der Waals surface area (Å²) < 4.78 is 17.0. The molecule has 1 amide bonds. The minimum absolute atomic E-state index is 0.0941. The number of benzene rings is 2. The predicted molar refractivity (Wildman–Crippen MR) is 98.4 cm³/mol. The first-order valence-corrected chi connectivity index (χ1v) is 9.10. The first-order valence-electron chi connectivity index (χ1n) is 9.10. The van der Waals surface area contributed by atoms with Crippen molar-refractivity contribution in [2.75, 3.05) is 19.8 Å². The third-order valence-electron chi connectivity index (χ3n) is 5.09. The van der Waals surface area contributed by atoms with Crippen molar-refractivity contribution >= 4 is 5.91 Å². The zero-order valence-corrected chi connectivity index (χ0v) is 15.1. The van der Waals surface area contributed by atoms with Gasteiger partial charge in [-0.1, -0.05) is 25.1 Å². The number of carbonyl (C=O) groups is 1. The molecular weight excluding hydrogens is 330 g/mol. The highest BCUT2D eigenvalue weighted by Crippen LogP contribution is 2.40. The van der Waals surface area contributed by atoms with Crippen molar-refractivity contribution in [1.82, 2.24) is 5.32 Å². The lowest BCUT2D eigenvalue weighted by molar-refractivity contribution is 0.0949. The molecule has 0 saturated heterocycles. The van der Waals surface area contributed by atoms with Gasteiger partial charge in [0.05, 0.1) is 5.56 Å². The molecular formula is C21H23NO4. The van der Waals surface area contributed by atoms with E-state index in [2.05, 4.69) is 12.2 Å². The molecule has 136 valence electrons. The van der Waals surface area contributed by atoms with Gasteiger partial charge in [-0.2, -0.15) is 0 Å². The van der Waals surface area contributed by atoms with Crippen LogP contribution >= 0.6 is 0 Å². The van der Waals surface area contributed by atoms with Gasteiger partial charge >= 0.3 is 0 Å². The molecule has 2 aliphatic heterocycles. The zero-order chi connectivity index (χ0) is 18.1. The first-order chi connectivity index (χ1) is 12.6. The molecule has 1 N–H and O–H groups in total. The Kier molecular flexibility index (Phi) is 4.45. The van der Waals surface area contributed by atoms with Crippen LogP contribution < -0.4 is 19.5 Å². The van der Waals surface area contributed by atoms with Crippen molar-refractivity contribution in [3.8, 4) is 17.2 Å². The Morgan fingerprint density at radius 1 is 1.12 bits per heavy atom. The molecule has 0 radical (unpaired) electrons. The number of nitrogens with one attached hydrogen (secondary N) is 1. The van der Waals surface area contributed by atoms with Crippen molar-refractivity contribution in [2.24, 2.45) is 0 Å². The molecule has 0 bridgehead atoms. The number of hydrogen-bond acceptors (Lipinski definition) is 4. The standard InChI is InChI=1S/C21H23NO4/c1-13-14(2)26-20-16(13)4-3-5-17(20)21(23)22-9-8-15-6-7-18-19(12-15)25-11-10-24-18/h3-7,12-14H,8-11H2,1-2H3,(H,22,23)/t13-,14-/m1/s1. The number of fused-ring (bicyclic) bond motifs is 2. The third-order valence-corrected chi connectivity index (χ3v) is 5.09. The largest absolute Gasteiger partial charge is 0.489 e. The van der Waals surface area contributed by atoms with Gasteiger partial charge in [0.25, 0.3) is 5.91 Å². The van der Waals surface area contributed by atoms with Gasteiger partial charge < -0.3 is 19.5 Å². The highest BCUT2D eigenvalue weighted by molar-refractivity contribution is 5.97. The van der Waals surface area contributed by atoms with Crippen LogP contribution in [-0.4, -0.2) is 31.8 Å². The smallest absolute Gasteiger partial charge is 0.255 e. The molecule has 2 aliphatic rings. The number of para-hydroxylation sites is 1. The lowest BCUT2D eigenvalue weighted by atomic mass is 9.97. The highest BCUT2D eigenvalue weighted by Gasteiger charge is 2.30. The Balaban J connectivity index is 1.40. The van der Waals surface area contributed by atoms with Gasteiger partial charge in [-0.15, -0.1) is 0 Å². The van der Waals surface area contributed by atoms with Gasteiger partial charge in [0.15, 0.2) is 11.5 Å². The Morgan fingerprint density at radius 3 is 2.77 bits per heavy atom. The summed E-state index contributed by atoms with van der Waals surface area (Å²) in [5.74, 6) is 2.49. The summed E-state index contributed by atoms with van der Waals surface area (Å²) in [5, 5.41) is 3.00. The molecule has 2 heterocycles. The Bertz CT molecular complexity index is 833. The van der Waals surface area contributed by atoms with Gasteiger partial charge in [-0.3, -0.25) is 4.79 Å². The fourth-order valence-electron chi connectivity index (χ4n) is 3.42. The van der Waals surface area contributed by atoms with Crippen LogP contribution in [0.15, 0.2) is 36.4 Å². The summed E-state index contributed by atoms with van der Waals surface area (Å²) in [6.45, 7) is 5.87. The van der Waals surface area contributed by atoms with Crippen LogP contribution in [0.2, 0.25) is 0 Å². The van der Waals surface area contributed by atoms with E-state index in [1.807, 2.05) is 43.3 Å². The van der Waals surface area contributed by atoms with Crippen LogP contribution in [0.4, 0.5) is 0 Å². The summed E-state index contributed by atoms with van der Waals surface area (Å²) in [5.41, 5.74) is 2.82. The summed E-state index contributed by atoms with van der Waals surface area (Å²) in [6.07, 6.45) is 0.821. The van der Waals surface area contributed by atoms with Gasteiger partial charge in [0.1, 0.15) is 25.1 Å².